The molecule has 2 rings (SSSR count). The van der Waals surface area contributed by atoms with Crippen molar-refractivity contribution in [2.75, 3.05) is 13.1 Å². The van der Waals surface area contributed by atoms with Crippen molar-refractivity contribution in [3.63, 3.8) is 0 Å². The standard InChI is InChI=1S/C18H20FNOS2/c1-3-20(4-2)17(21)18(19,22-15-11-7-5-8-12-15)23-16-13-9-6-10-14-16/h5-14H,3-4H2,1-2H3. The molecule has 23 heavy (non-hydrogen) atoms. The molecule has 0 fully saturated rings. The third kappa shape index (κ3) is 4.75. The minimum atomic E-state index is -2.09. The van der Waals surface area contributed by atoms with Crippen molar-refractivity contribution in [1.82, 2.24) is 4.90 Å². The van der Waals surface area contributed by atoms with E-state index in [0.29, 0.717) is 13.1 Å². The van der Waals surface area contributed by atoms with Crippen LogP contribution < -0.4 is 0 Å². The number of amides is 1. The molecule has 0 N–H and O–H groups in total. The van der Waals surface area contributed by atoms with Gasteiger partial charge in [-0.25, -0.2) is 4.39 Å². The van der Waals surface area contributed by atoms with Crippen molar-refractivity contribution in [1.29, 1.82) is 0 Å². The first-order valence-electron chi connectivity index (χ1n) is 7.55. The number of carbonyl (C=O) groups excluding carboxylic acids is 1. The third-order valence-corrected chi connectivity index (χ3v) is 5.68. The van der Waals surface area contributed by atoms with Gasteiger partial charge in [0, 0.05) is 22.9 Å². The molecule has 0 atom stereocenters. The van der Waals surface area contributed by atoms with Crippen LogP contribution >= 0.6 is 23.5 Å². The normalized spacial score (nSPS) is 11.3. The molecule has 0 saturated carbocycles. The molecule has 122 valence electrons. The molecule has 5 heteroatoms. The lowest BCUT2D eigenvalue weighted by atomic mass is 10.4. The van der Waals surface area contributed by atoms with E-state index in [1.807, 2.05) is 74.5 Å². The van der Waals surface area contributed by atoms with Gasteiger partial charge >= 0.3 is 0 Å². The Labute approximate surface area is 145 Å². The highest BCUT2D eigenvalue weighted by atomic mass is 32.2. The minimum absolute atomic E-state index is 0.492. The Morgan fingerprint density at radius 2 is 1.30 bits per heavy atom. The van der Waals surface area contributed by atoms with Crippen LogP contribution in [0.25, 0.3) is 0 Å². The first-order valence-corrected chi connectivity index (χ1v) is 9.18. The Hall–Kier alpha value is -1.46. The SMILES string of the molecule is CCN(CC)C(=O)C(F)(Sc1ccccc1)Sc1ccccc1. The summed E-state index contributed by atoms with van der Waals surface area (Å²) >= 11 is 1.92. The van der Waals surface area contributed by atoms with E-state index in [4.69, 9.17) is 0 Å². The van der Waals surface area contributed by atoms with Gasteiger partial charge in [0.15, 0.2) is 0 Å². The summed E-state index contributed by atoms with van der Waals surface area (Å²) < 4.78 is 13.6. The molecule has 1 amide bonds. The Bertz CT molecular complexity index is 576. The van der Waals surface area contributed by atoms with Crippen LogP contribution in [0.15, 0.2) is 70.5 Å². The summed E-state index contributed by atoms with van der Waals surface area (Å²) in [5, 5.41) is 0. The van der Waals surface area contributed by atoms with Crippen LogP contribution in [0.2, 0.25) is 0 Å². The zero-order valence-corrected chi connectivity index (χ0v) is 14.9. The number of carbonyl (C=O) groups is 1. The number of thioether (sulfide) groups is 2. The number of nitrogens with zero attached hydrogens (tertiary/aromatic N) is 1. The maximum absolute atomic E-state index is 15.7. The lowest BCUT2D eigenvalue weighted by Crippen LogP contribution is -2.42. The molecule has 0 saturated heterocycles. The maximum atomic E-state index is 15.7. The molecule has 0 aliphatic heterocycles. The Balaban J connectivity index is 2.31. The molecule has 0 radical (unpaired) electrons. The van der Waals surface area contributed by atoms with Gasteiger partial charge < -0.3 is 4.90 Å². The topological polar surface area (TPSA) is 20.3 Å². The molecule has 2 aromatic rings. The van der Waals surface area contributed by atoms with E-state index in [2.05, 4.69) is 0 Å². The number of halogens is 1. The number of benzene rings is 2. The number of rotatable bonds is 7. The van der Waals surface area contributed by atoms with Crippen molar-refractivity contribution in [2.45, 2.75) is 28.0 Å². The average Bonchev–Trinajstić information content (AvgIpc) is 2.57. The molecule has 2 nitrogen and oxygen atoms in total. The summed E-state index contributed by atoms with van der Waals surface area (Å²) in [6.45, 7) is 4.71. The second-order valence-electron chi connectivity index (χ2n) is 4.84. The Morgan fingerprint density at radius 1 is 0.913 bits per heavy atom. The van der Waals surface area contributed by atoms with Crippen molar-refractivity contribution in [3.05, 3.63) is 60.7 Å². The van der Waals surface area contributed by atoms with Crippen molar-refractivity contribution in [2.24, 2.45) is 0 Å². The van der Waals surface area contributed by atoms with Crippen LogP contribution in [0.3, 0.4) is 0 Å². The predicted molar refractivity (Wildman–Crippen MR) is 96.4 cm³/mol. The lowest BCUT2D eigenvalue weighted by Gasteiger charge is -2.29. The average molecular weight is 349 g/mol. The molecule has 0 bridgehead atoms. The van der Waals surface area contributed by atoms with Gasteiger partial charge in [-0.2, -0.15) is 0 Å². The zero-order valence-electron chi connectivity index (χ0n) is 13.2. The summed E-state index contributed by atoms with van der Waals surface area (Å²) in [5.41, 5.74) is 0. The smallest absolute Gasteiger partial charge is 0.288 e. The molecule has 0 spiro atoms. The van der Waals surface area contributed by atoms with Gasteiger partial charge in [0.05, 0.1) is 0 Å². The highest BCUT2D eigenvalue weighted by molar-refractivity contribution is 8.19. The van der Waals surface area contributed by atoms with E-state index in [0.717, 1.165) is 33.3 Å². The predicted octanol–water partition coefficient (Wildman–Crippen LogP) is 5.06. The monoisotopic (exact) mass is 349 g/mol. The summed E-state index contributed by atoms with van der Waals surface area (Å²) in [4.78, 5) is 15.7. The molecule has 0 aliphatic rings. The van der Waals surface area contributed by atoms with Gasteiger partial charge in [-0.3, -0.25) is 4.79 Å². The van der Waals surface area contributed by atoms with Gasteiger partial charge in [-0.15, -0.1) is 0 Å². The molecule has 0 unspecified atom stereocenters. The van der Waals surface area contributed by atoms with Crippen molar-refractivity contribution in [3.8, 4) is 0 Å². The largest absolute Gasteiger partial charge is 0.339 e. The Morgan fingerprint density at radius 3 is 1.65 bits per heavy atom. The molecule has 0 heterocycles. The van der Waals surface area contributed by atoms with E-state index in [9.17, 15) is 4.79 Å². The van der Waals surface area contributed by atoms with E-state index in [-0.39, 0.29) is 0 Å². The van der Waals surface area contributed by atoms with E-state index in [1.54, 1.807) is 0 Å². The maximum Gasteiger partial charge on any atom is 0.288 e. The van der Waals surface area contributed by atoms with Crippen LogP contribution in [-0.4, -0.2) is 28.2 Å². The number of hydrogen-bond donors (Lipinski definition) is 0. The summed E-state index contributed by atoms with van der Waals surface area (Å²) in [5.74, 6) is -0.495. The first kappa shape index (κ1) is 17.9. The summed E-state index contributed by atoms with van der Waals surface area (Å²) in [6.07, 6.45) is 0. The van der Waals surface area contributed by atoms with Gasteiger partial charge in [0.1, 0.15) is 0 Å². The lowest BCUT2D eigenvalue weighted by molar-refractivity contribution is -0.134. The minimum Gasteiger partial charge on any atom is -0.339 e. The van der Waals surface area contributed by atoms with Gasteiger partial charge in [0.25, 0.3) is 10.2 Å². The summed E-state index contributed by atoms with van der Waals surface area (Å²) in [7, 11) is 0. The molecule has 0 aromatic heterocycles. The molecule has 0 aliphatic carbocycles. The molecule has 2 aromatic carbocycles. The van der Waals surface area contributed by atoms with E-state index in [1.165, 1.54) is 4.90 Å². The quantitative estimate of drug-likeness (QED) is 0.514. The molecular formula is C18H20FNOS2. The van der Waals surface area contributed by atoms with Gasteiger partial charge in [-0.1, -0.05) is 59.9 Å². The second-order valence-corrected chi connectivity index (χ2v) is 7.58. The van der Waals surface area contributed by atoms with Crippen LogP contribution in [0, 0.1) is 0 Å². The fourth-order valence-corrected chi connectivity index (χ4v) is 4.46. The second kappa shape index (κ2) is 8.41. The highest BCUT2D eigenvalue weighted by Crippen LogP contribution is 2.47. The third-order valence-electron chi connectivity index (χ3n) is 3.29. The fourth-order valence-electron chi connectivity index (χ4n) is 2.09. The van der Waals surface area contributed by atoms with E-state index >= 15 is 4.39 Å². The van der Waals surface area contributed by atoms with Crippen LogP contribution in [0.4, 0.5) is 4.39 Å². The van der Waals surface area contributed by atoms with Crippen molar-refractivity contribution < 1.29 is 9.18 Å². The zero-order chi connectivity index (χ0) is 16.7. The molecular weight excluding hydrogens is 329 g/mol. The van der Waals surface area contributed by atoms with E-state index < -0.39 is 10.2 Å². The van der Waals surface area contributed by atoms with Gasteiger partial charge in [0.2, 0.25) is 0 Å². The Kier molecular flexibility index (Phi) is 6.54. The van der Waals surface area contributed by atoms with Crippen LogP contribution in [0.1, 0.15) is 13.8 Å². The number of hydrogen-bond acceptors (Lipinski definition) is 3. The number of alkyl halides is 1. The highest BCUT2D eigenvalue weighted by Gasteiger charge is 2.43. The summed E-state index contributed by atoms with van der Waals surface area (Å²) in [6, 6.07) is 18.4. The van der Waals surface area contributed by atoms with Gasteiger partial charge in [-0.05, 0) is 38.1 Å². The fraction of sp³-hybridized carbons (Fsp3) is 0.278. The van der Waals surface area contributed by atoms with Crippen LogP contribution in [0.5, 0.6) is 0 Å². The first-order chi connectivity index (χ1) is 11.1. The van der Waals surface area contributed by atoms with Crippen LogP contribution in [-0.2, 0) is 4.79 Å². The van der Waals surface area contributed by atoms with Crippen molar-refractivity contribution >= 4 is 29.4 Å².